The highest BCUT2D eigenvalue weighted by atomic mass is 35.5. The first-order valence-corrected chi connectivity index (χ1v) is 7.78. The van der Waals surface area contributed by atoms with E-state index in [1.807, 2.05) is 26.1 Å². The van der Waals surface area contributed by atoms with Gasteiger partial charge in [-0.3, -0.25) is 4.79 Å². The van der Waals surface area contributed by atoms with E-state index in [0.717, 1.165) is 20.7 Å². The minimum atomic E-state index is -0.321. The average Bonchev–Trinajstić information content (AvgIpc) is 2.85. The number of nitrogens with one attached hydrogen (secondary N) is 2. The Hall–Kier alpha value is -1.43. The maximum Gasteiger partial charge on any atom is 0.282 e. The topological polar surface area (TPSA) is 33.5 Å². The third-order valence-corrected chi connectivity index (χ3v) is 4.56. The van der Waals surface area contributed by atoms with Crippen LogP contribution in [-0.4, -0.2) is 19.0 Å². The molecule has 0 fully saturated rings. The van der Waals surface area contributed by atoms with Crippen molar-refractivity contribution in [3.05, 3.63) is 51.4 Å². The molecule has 3 nitrogen and oxygen atoms in total. The average molecular weight is 328 g/mol. The van der Waals surface area contributed by atoms with E-state index < -0.39 is 0 Å². The molecule has 1 amide bonds. The molecule has 0 bridgehead atoms. The van der Waals surface area contributed by atoms with Crippen molar-refractivity contribution in [1.82, 2.24) is 0 Å². The number of hydrogen-bond acceptors (Lipinski definition) is 2. The summed E-state index contributed by atoms with van der Waals surface area (Å²) in [6.45, 7) is 2.60. The van der Waals surface area contributed by atoms with Gasteiger partial charge >= 0.3 is 0 Å². The van der Waals surface area contributed by atoms with Crippen LogP contribution < -0.4 is 10.2 Å². The lowest BCUT2D eigenvalue weighted by Gasteiger charge is -2.20. The van der Waals surface area contributed by atoms with Gasteiger partial charge in [0, 0.05) is 5.69 Å². The fourth-order valence-electron chi connectivity index (χ4n) is 1.88. The number of carbonyl (C=O) groups excluding carboxylic acids is 1. The Morgan fingerprint density at radius 2 is 2.00 bits per heavy atom. The van der Waals surface area contributed by atoms with E-state index in [4.69, 9.17) is 11.6 Å². The van der Waals surface area contributed by atoms with Gasteiger partial charge < -0.3 is 10.2 Å². The summed E-state index contributed by atoms with van der Waals surface area (Å²) in [5.74, 6) is -0.417. The van der Waals surface area contributed by atoms with E-state index in [2.05, 4.69) is 5.32 Å². The first kappa shape index (κ1) is 15.9. The summed E-state index contributed by atoms with van der Waals surface area (Å²) >= 11 is 7.43. The molecular formula is C15H17ClFN2OS+. The third-order valence-electron chi connectivity index (χ3n) is 3.33. The monoisotopic (exact) mass is 327 g/mol. The first-order valence-electron chi connectivity index (χ1n) is 6.58. The van der Waals surface area contributed by atoms with Crippen LogP contribution in [0.5, 0.6) is 0 Å². The summed E-state index contributed by atoms with van der Waals surface area (Å²) in [6.07, 6.45) is 0. The van der Waals surface area contributed by atoms with Crippen LogP contribution >= 0.6 is 22.9 Å². The zero-order valence-electron chi connectivity index (χ0n) is 11.8. The Bertz CT molecular complexity index is 614. The number of carbonyl (C=O) groups is 1. The molecule has 2 N–H and O–H groups in total. The lowest BCUT2D eigenvalue weighted by atomic mass is 10.2. The molecule has 2 rings (SSSR count). The van der Waals surface area contributed by atoms with Gasteiger partial charge in [-0.25, -0.2) is 4.39 Å². The van der Waals surface area contributed by atoms with Gasteiger partial charge in [0.25, 0.3) is 5.91 Å². The van der Waals surface area contributed by atoms with E-state index in [1.54, 1.807) is 12.1 Å². The fourth-order valence-corrected chi connectivity index (χ4v) is 3.06. The summed E-state index contributed by atoms with van der Waals surface area (Å²) in [5, 5.41) is 2.79. The number of hydrogen-bond donors (Lipinski definition) is 2. The summed E-state index contributed by atoms with van der Waals surface area (Å²) in [4.78, 5) is 14.4. The Labute approximate surface area is 132 Å². The molecule has 112 valence electrons. The van der Waals surface area contributed by atoms with Gasteiger partial charge in [-0.1, -0.05) is 11.6 Å². The second kappa shape index (κ2) is 7.02. The van der Waals surface area contributed by atoms with Crippen LogP contribution in [0.25, 0.3) is 0 Å². The first-order chi connectivity index (χ1) is 9.95. The molecular weight excluding hydrogens is 311 g/mol. The van der Waals surface area contributed by atoms with E-state index in [1.165, 1.54) is 23.5 Å². The highest BCUT2D eigenvalue weighted by molar-refractivity contribution is 7.16. The van der Waals surface area contributed by atoms with Crippen molar-refractivity contribution >= 4 is 34.5 Å². The maximum atomic E-state index is 12.8. The third kappa shape index (κ3) is 4.52. The van der Waals surface area contributed by atoms with Gasteiger partial charge in [0.05, 0.1) is 16.3 Å². The predicted molar refractivity (Wildman–Crippen MR) is 84.4 cm³/mol. The van der Waals surface area contributed by atoms with Crippen LogP contribution in [0, 0.1) is 5.82 Å². The number of halogens is 2. The minimum Gasteiger partial charge on any atom is -0.323 e. The van der Waals surface area contributed by atoms with Crippen molar-refractivity contribution in [3.63, 3.8) is 0 Å². The van der Waals surface area contributed by atoms with Gasteiger partial charge in [-0.05, 0) is 43.3 Å². The molecule has 2 atom stereocenters. The maximum absolute atomic E-state index is 12.8. The lowest BCUT2D eigenvalue weighted by Crippen LogP contribution is -3.12. The number of thiophene rings is 1. The highest BCUT2D eigenvalue weighted by Gasteiger charge is 2.22. The Morgan fingerprint density at radius 1 is 1.33 bits per heavy atom. The molecule has 2 aromatic rings. The Morgan fingerprint density at radius 3 is 2.57 bits per heavy atom. The smallest absolute Gasteiger partial charge is 0.282 e. The van der Waals surface area contributed by atoms with E-state index in [-0.39, 0.29) is 17.8 Å². The summed E-state index contributed by atoms with van der Waals surface area (Å²) < 4.78 is 13.6. The Balaban J connectivity index is 1.93. The number of amides is 1. The number of likely N-dealkylation sites (N-methyl/N-ethyl adjacent to an activating group) is 1. The van der Waals surface area contributed by atoms with Crippen molar-refractivity contribution in [2.45, 2.75) is 19.5 Å². The SMILES string of the molecule is C[C@@H](C(=O)Nc1ccc(F)cc1)[NH+](C)Cc1ccc(Cl)s1. The molecule has 6 heteroatoms. The molecule has 0 saturated heterocycles. The van der Waals surface area contributed by atoms with E-state index in [9.17, 15) is 9.18 Å². The van der Waals surface area contributed by atoms with Gasteiger partial charge in [0.2, 0.25) is 0 Å². The molecule has 0 aliphatic rings. The predicted octanol–water partition coefficient (Wildman–Crippen LogP) is 2.58. The van der Waals surface area contributed by atoms with Crippen LogP contribution in [-0.2, 0) is 11.3 Å². The lowest BCUT2D eigenvalue weighted by molar-refractivity contribution is -0.907. The normalized spacial score (nSPS) is 13.7. The van der Waals surface area contributed by atoms with Gasteiger partial charge in [0.1, 0.15) is 12.4 Å². The molecule has 1 heterocycles. The van der Waals surface area contributed by atoms with Gasteiger partial charge in [0.15, 0.2) is 6.04 Å². The quantitative estimate of drug-likeness (QED) is 0.869. The second-order valence-electron chi connectivity index (χ2n) is 4.95. The summed E-state index contributed by atoms with van der Waals surface area (Å²) in [5.41, 5.74) is 0.597. The Kier molecular flexibility index (Phi) is 5.33. The summed E-state index contributed by atoms with van der Waals surface area (Å²) in [7, 11) is 1.96. The van der Waals surface area contributed by atoms with E-state index in [0.29, 0.717) is 5.69 Å². The van der Waals surface area contributed by atoms with Crippen LogP contribution in [0.3, 0.4) is 0 Å². The van der Waals surface area contributed by atoms with Crippen molar-refractivity contribution in [2.24, 2.45) is 0 Å². The van der Waals surface area contributed by atoms with Crippen molar-refractivity contribution < 1.29 is 14.1 Å². The van der Waals surface area contributed by atoms with Crippen LogP contribution in [0.15, 0.2) is 36.4 Å². The second-order valence-corrected chi connectivity index (χ2v) is 6.75. The molecule has 1 unspecified atom stereocenters. The molecule has 0 aliphatic heterocycles. The molecule has 0 aliphatic carbocycles. The molecule has 0 radical (unpaired) electrons. The fraction of sp³-hybridized carbons (Fsp3) is 0.267. The standard InChI is InChI=1S/C15H16ClFN2OS/c1-10(19(2)9-13-7-8-14(16)21-13)15(20)18-12-5-3-11(17)4-6-12/h3-8,10H,9H2,1-2H3,(H,18,20)/p+1/t10-/m0/s1. The van der Waals surface area contributed by atoms with Crippen LogP contribution in [0.1, 0.15) is 11.8 Å². The van der Waals surface area contributed by atoms with Crippen molar-refractivity contribution in [1.29, 1.82) is 0 Å². The number of benzene rings is 1. The summed E-state index contributed by atoms with van der Waals surface area (Å²) in [6, 6.07) is 9.35. The van der Waals surface area contributed by atoms with Gasteiger partial charge in [-0.15, -0.1) is 11.3 Å². The minimum absolute atomic E-state index is 0.0956. The zero-order valence-corrected chi connectivity index (χ0v) is 13.4. The van der Waals surface area contributed by atoms with Crippen LogP contribution in [0.4, 0.5) is 10.1 Å². The number of rotatable bonds is 5. The number of quaternary nitrogens is 1. The molecule has 0 saturated carbocycles. The molecule has 1 aromatic carbocycles. The largest absolute Gasteiger partial charge is 0.323 e. The van der Waals surface area contributed by atoms with Crippen LogP contribution in [0.2, 0.25) is 4.34 Å². The highest BCUT2D eigenvalue weighted by Crippen LogP contribution is 2.20. The van der Waals surface area contributed by atoms with Crippen molar-refractivity contribution in [3.8, 4) is 0 Å². The molecule has 1 aromatic heterocycles. The number of anilines is 1. The molecule has 21 heavy (non-hydrogen) atoms. The van der Waals surface area contributed by atoms with Crippen molar-refractivity contribution in [2.75, 3.05) is 12.4 Å². The molecule has 0 spiro atoms. The van der Waals surface area contributed by atoms with Gasteiger partial charge in [-0.2, -0.15) is 0 Å². The van der Waals surface area contributed by atoms with E-state index >= 15 is 0 Å². The zero-order chi connectivity index (χ0) is 15.4.